The molecule has 3 rings (SSSR count). The van der Waals surface area contributed by atoms with Gasteiger partial charge in [-0.3, -0.25) is 13.9 Å². The maximum atomic E-state index is 14.6. The van der Waals surface area contributed by atoms with Crippen LogP contribution < -0.4 is 9.62 Å². The Balaban J connectivity index is 2.07. The molecule has 0 aliphatic rings. The number of amides is 2. The quantitative estimate of drug-likeness (QED) is 0.337. The molecule has 0 aliphatic carbocycles. The van der Waals surface area contributed by atoms with E-state index < -0.39 is 40.2 Å². The summed E-state index contributed by atoms with van der Waals surface area (Å²) in [5, 5.41) is 3.14. The van der Waals surface area contributed by atoms with Crippen LogP contribution in [0.5, 0.6) is 0 Å². The van der Waals surface area contributed by atoms with Gasteiger partial charge in [0.05, 0.1) is 10.6 Å². The van der Waals surface area contributed by atoms with Crippen LogP contribution in [0.15, 0.2) is 77.7 Å². The van der Waals surface area contributed by atoms with Gasteiger partial charge in [-0.15, -0.1) is 0 Å². The molecule has 0 saturated carbocycles. The Morgan fingerprint density at radius 2 is 1.64 bits per heavy atom. The summed E-state index contributed by atoms with van der Waals surface area (Å²) in [5.41, 5.74) is 1.00. The summed E-state index contributed by atoms with van der Waals surface area (Å²) in [4.78, 5) is 28.1. The molecule has 208 valence electrons. The summed E-state index contributed by atoms with van der Waals surface area (Å²) < 4.78 is 43.3. The lowest BCUT2D eigenvalue weighted by atomic mass is 10.1. The first-order chi connectivity index (χ1) is 18.4. The Kier molecular flexibility index (Phi) is 10.1. The Morgan fingerprint density at radius 1 is 1.00 bits per heavy atom. The second-order valence-corrected chi connectivity index (χ2v) is 11.7. The molecule has 10 heteroatoms. The molecule has 7 nitrogen and oxygen atoms in total. The van der Waals surface area contributed by atoms with Crippen LogP contribution >= 0.6 is 11.6 Å². The van der Waals surface area contributed by atoms with Crippen molar-refractivity contribution in [3.05, 3.63) is 94.8 Å². The Labute approximate surface area is 234 Å². The lowest BCUT2D eigenvalue weighted by Crippen LogP contribution is -2.52. The van der Waals surface area contributed by atoms with E-state index in [-0.39, 0.29) is 28.7 Å². The maximum absolute atomic E-state index is 14.6. The van der Waals surface area contributed by atoms with E-state index in [1.54, 1.807) is 43.3 Å². The molecular weight excluding hydrogens is 541 g/mol. The summed E-state index contributed by atoms with van der Waals surface area (Å²) in [6, 6.07) is 17.3. The minimum absolute atomic E-state index is 0.0135. The highest BCUT2D eigenvalue weighted by Crippen LogP contribution is 2.30. The number of benzene rings is 3. The van der Waals surface area contributed by atoms with Crippen LogP contribution in [-0.4, -0.2) is 43.8 Å². The SMILES string of the molecule is CC[C@H](C)NC(=O)[C@@H](C)N(Cc1ccccc1F)C(=O)CN(c1cc(Cl)ccc1C)S(=O)(=O)c1ccccc1. The van der Waals surface area contributed by atoms with Crippen LogP contribution in [-0.2, 0) is 26.2 Å². The van der Waals surface area contributed by atoms with Gasteiger partial charge in [-0.2, -0.15) is 0 Å². The number of sulfonamides is 1. The van der Waals surface area contributed by atoms with E-state index in [0.717, 1.165) is 4.31 Å². The average molecular weight is 574 g/mol. The first-order valence-corrected chi connectivity index (χ1v) is 14.4. The number of hydrogen-bond donors (Lipinski definition) is 1. The van der Waals surface area contributed by atoms with Crippen LogP contribution in [0.4, 0.5) is 10.1 Å². The standard InChI is InChI=1S/C29H33ClFN3O4S/c1-5-21(3)32-29(36)22(4)33(18-23-11-9-10-14-26(23)31)28(35)19-34(27-17-24(30)16-15-20(27)2)39(37,38)25-12-7-6-8-13-25/h6-17,21-22H,5,18-19H2,1-4H3,(H,32,36)/t21-,22+/m0/s1. The van der Waals surface area contributed by atoms with E-state index in [1.165, 1.54) is 48.2 Å². The van der Waals surface area contributed by atoms with Crippen LogP contribution in [0.1, 0.15) is 38.3 Å². The van der Waals surface area contributed by atoms with E-state index in [2.05, 4.69) is 5.32 Å². The summed E-state index contributed by atoms with van der Waals surface area (Å²) >= 11 is 6.22. The first-order valence-electron chi connectivity index (χ1n) is 12.6. The lowest BCUT2D eigenvalue weighted by molar-refractivity contribution is -0.139. The molecular formula is C29H33ClFN3O4S. The van der Waals surface area contributed by atoms with E-state index in [1.807, 2.05) is 13.8 Å². The third-order valence-electron chi connectivity index (χ3n) is 6.52. The summed E-state index contributed by atoms with van der Waals surface area (Å²) in [5.74, 6) is -1.64. The smallest absolute Gasteiger partial charge is 0.264 e. The van der Waals surface area contributed by atoms with Gasteiger partial charge in [-0.1, -0.05) is 61.0 Å². The molecule has 2 atom stereocenters. The van der Waals surface area contributed by atoms with Crippen molar-refractivity contribution >= 4 is 39.1 Å². The summed E-state index contributed by atoms with van der Waals surface area (Å²) in [7, 11) is -4.22. The van der Waals surface area contributed by atoms with Crippen molar-refractivity contribution < 1.29 is 22.4 Å². The van der Waals surface area contributed by atoms with Gasteiger partial charge in [0.2, 0.25) is 11.8 Å². The number of anilines is 1. The van der Waals surface area contributed by atoms with E-state index in [9.17, 15) is 22.4 Å². The summed E-state index contributed by atoms with van der Waals surface area (Å²) in [6.07, 6.45) is 0.677. The maximum Gasteiger partial charge on any atom is 0.264 e. The van der Waals surface area contributed by atoms with E-state index >= 15 is 0 Å². The molecule has 0 spiro atoms. The van der Waals surface area contributed by atoms with Gasteiger partial charge in [-0.25, -0.2) is 12.8 Å². The molecule has 1 N–H and O–H groups in total. The van der Waals surface area contributed by atoms with E-state index in [4.69, 9.17) is 11.6 Å². The highest BCUT2D eigenvalue weighted by Gasteiger charge is 2.33. The molecule has 0 aliphatic heterocycles. The second-order valence-electron chi connectivity index (χ2n) is 9.36. The fraction of sp³-hybridized carbons (Fsp3) is 0.310. The van der Waals surface area contributed by atoms with Gasteiger partial charge in [0, 0.05) is 23.2 Å². The van der Waals surface area contributed by atoms with Crippen molar-refractivity contribution in [1.29, 1.82) is 0 Å². The number of carbonyl (C=O) groups excluding carboxylic acids is 2. The van der Waals surface area contributed by atoms with Crippen molar-refractivity contribution in [2.45, 2.75) is 57.6 Å². The highest BCUT2D eigenvalue weighted by molar-refractivity contribution is 7.92. The highest BCUT2D eigenvalue weighted by atomic mass is 35.5. The molecule has 39 heavy (non-hydrogen) atoms. The zero-order valence-electron chi connectivity index (χ0n) is 22.4. The fourth-order valence-corrected chi connectivity index (χ4v) is 5.60. The van der Waals surface area contributed by atoms with Crippen LogP contribution in [0, 0.1) is 12.7 Å². The Morgan fingerprint density at radius 3 is 2.28 bits per heavy atom. The number of nitrogens with zero attached hydrogens (tertiary/aromatic N) is 2. The minimum atomic E-state index is -4.22. The first kappa shape index (κ1) is 30.1. The fourth-order valence-electron chi connectivity index (χ4n) is 3.94. The Hall–Kier alpha value is -3.43. The predicted molar refractivity (Wildman–Crippen MR) is 151 cm³/mol. The van der Waals surface area contributed by atoms with Gasteiger partial charge in [0.1, 0.15) is 18.4 Å². The lowest BCUT2D eigenvalue weighted by Gasteiger charge is -2.33. The Bertz CT molecular complexity index is 1420. The number of aryl methyl sites for hydroxylation is 1. The number of hydrogen-bond acceptors (Lipinski definition) is 4. The monoisotopic (exact) mass is 573 g/mol. The molecule has 3 aromatic rings. The van der Waals surface area contributed by atoms with Crippen molar-refractivity contribution in [2.24, 2.45) is 0 Å². The summed E-state index contributed by atoms with van der Waals surface area (Å²) in [6.45, 7) is 6.14. The molecule has 0 radical (unpaired) electrons. The predicted octanol–water partition coefficient (Wildman–Crippen LogP) is 5.31. The molecule has 0 saturated heterocycles. The van der Waals surface area contributed by atoms with Gasteiger partial charge < -0.3 is 10.2 Å². The normalized spacial score (nSPS) is 12.9. The third kappa shape index (κ3) is 7.36. The van der Waals surface area contributed by atoms with Crippen LogP contribution in [0.2, 0.25) is 5.02 Å². The number of carbonyl (C=O) groups is 2. The second kappa shape index (κ2) is 13.1. The van der Waals surface area contributed by atoms with Crippen molar-refractivity contribution in [3.63, 3.8) is 0 Å². The third-order valence-corrected chi connectivity index (χ3v) is 8.53. The van der Waals surface area contributed by atoms with Gasteiger partial charge in [-0.05, 0) is 63.1 Å². The van der Waals surface area contributed by atoms with Gasteiger partial charge in [0.25, 0.3) is 10.0 Å². The number of nitrogens with one attached hydrogen (secondary N) is 1. The van der Waals surface area contributed by atoms with Crippen LogP contribution in [0.25, 0.3) is 0 Å². The average Bonchev–Trinajstić information content (AvgIpc) is 2.92. The molecule has 0 unspecified atom stereocenters. The van der Waals surface area contributed by atoms with Gasteiger partial charge in [0.15, 0.2) is 0 Å². The number of rotatable bonds is 11. The van der Waals surface area contributed by atoms with Crippen molar-refractivity contribution in [2.75, 3.05) is 10.8 Å². The topological polar surface area (TPSA) is 86.8 Å². The zero-order valence-corrected chi connectivity index (χ0v) is 24.0. The molecule has 0 bridgehead atoms. The molecule has 2 amide bonds. The zero-order chi connectivity index (χ0) is 28.7. The van der Waals surface area contributed by atoms with Crippen LogP contribution in [0.3, 0.4) is 0 Å². The number of halogens is 2. The van der Waals surface area contributed by atoms with E-state index in [0.29, 0.717) is 17.0 Å². The minimum Gasteiger partial charge on any atom is -0.352 e. The van der Waals surface area contributed by atoms with Crippen molar-refractivity contribution in [1.82, 2.24) is 10.2 Å². The molecule has 0 fully saturated rings. The molecule has 0 heterocycles. The van der Waals surface area contributed by atoms with Gasteiger partial charge >= 0.3 is 0 Å². The molecule has 0 aromatic heterocycles. The largest absolute Gasteiger partial charge is 0.352 e. The molecule has 3 aromatic carbocycles. The van der Waals surface area contributed by atoms with Crippen molar-refractivity contribution in [3.8, 4) is 0 Å².